The van der Waals surface area contributed by atoms with E-state index in [1.54, 1.807) is 6.20 Å². The quantitative estimate of drug-likeness (QED) is 0.809. The first kappa shape index (κ1) is 13.1. The van der Waals surface area contributed by atoms with Crippen molar-refractivity contribution in [2.24, 2.45) is 0 Å². The van der Waals surface area contributed by atoms with Gasteiger partial charge in [0.2, 0.25) is 5.28 Å². The molecule has 6 heteroatoms. The molecule has 4 nitrogen and oxygen atoms in total. The molecule has 18 heavy (non-hydrogen) atoms. The average molecular weight is 283 g/mol. The molecule has 0 saturated carbocycles. The Labute approximate surface area is 116 Å². The number of aromatic nitrogens is 3. The first-order valence-electron chi connectivity index (χ1n) is 5.46. The number of anilines is 1. The largest absolute Gasteiger partial charge is 0.358 e. The molecule has 0 aromatic carbocycles. The fourth-order valence-electron chi connectivity index (χ4n) is 1.54. The Bertz CT molecular complexity index is 519. The van der Waals surface area contributed by atoms with Crippen LogP contribution in [-0.2, 0) is 6.42 Å². The molecule has 2 aromatic heterocycles. The van der Waals surface area contributed by atoms with Gasteiger partial charge < -0.3 is 4.90 Å². The Morgan fingerprint density at radius 3 is 2.78 bits per heavy atom. The van der Waals surface area contributed by atoms with Crippen LogP contribution in [0.15, 0.2) is 30.6 Å². The number of halogens is 2. The van der Waals surface area contributed by atoms with E-state index in [0.29, 0.717) is 10.8 Å². The zero-order chi connectivity index (χ0) is 13.0. The highest BCUT2D eigenvalue weighted by molar-refractivity contribution is 6.33. The second-order valence-electron chi connectivity index (χ2n) is 3.80. The summed E-state index contributed by atoms with van der Waals surface area (Å²) in [6.07, 6.45) is 4.10. The van der Waals surface area contributed by atoms with Crippen LogP contribution in [0.1, 0.15) is 5.69 Å². The third kappa shape index (κ3) is 3.31. The topological polar surface area (TPSA) is 41.9 Å². The lowest BCUT2D eigenvalue weighted by Gasteiger charge is -2.18. The van der Waals surface area contributed by atoms with Crippen molar-refractivity contribution in [3.8, 4) is 0 Å². The molecule has 0 unspecified atom stereocenters. The zero-order valence-corrected chi connectivity index (χ0v) is 11.4. The molecule has 0 amide bonds. The Balaban J connectivity index is 2.03. The second kappa shape index (κ2) is 5.98. The van der Waals surface area contributed by atoms with Crippen molar-refractivity contribution in [1.82, 2.24) is 15.0 Å². The summed E-state index contributed by atoms with van der Waals surface area (Å²) in [4.78, 5) is 14.1. The lowest BCUT2D eigenvalue weighted by Crippen LogP contribution is -2.22. The van der Waals surface area contributed by atoms with E-state index in [2.05, 4.69) is 15.0 Å². The van der Waals surface area contributed by atoms with Gasteiger partial charge >= 0.3 is 0 Å². The van der Waals surface area contributed by atoms with Gasteiger partial charge in [-0.25, -0.2) is 4.98 Å². The van der Waals surface area contributed by atoms with Gasteiger partial charge in [-0.1, -0.05) is 17.7 Å². The van der Waals surface area contributed by atoms with E-state index in [4.69, 9.17) is 23.2 Å². The standard InChI is InChI=1S/C12H12Cl2N4/c1-18(7-5-9-4-2-3-6-15-9)11-10(13)8-16-12(14)17-11/h2-4,6,8H,5,7H2,1H3. The monoisotopic (exact) mass is 282 g/mol. The Kier molecular flexibility index (Phi) is 4.33. The second-order valence-corrected chi connectivity index (χ2v) is 4.55. The highest BCUT2D eigenvalue weighted by Crippen LogP contribution is 2.22. The summed E-state index contributed by atoms with van der Waals surface area (Å²) in [6, 6.07) is 5.85. The highest BCUT2D eigenvalue weighted by Gasteiger charge is 2.09. The van der Waals surface area contributed by atoms with E-state index in [1.807, 2.05) is 30.1 Å². The summed E-state index contributed by atoms with van der Waals surface area (Å²) in [5, 5.41) is 0.682. The highest BCUT2D eigenvalue weighted by atomic mass is 35.5. The summed E-state index contributed by atoms with van der Waals surface area (Å²) >= 11 is 11.8. The third-order valence-electron chi connectivity index (χ3n) is 2.49. The van der Waals surface area contributed by atoms with Gasteiger partial charge in [0.15, 0.2) is 5.82 Å². The van der Waals surface area contributed by atoms with Crippen LogP contribution in [0.5, 0.6) is 0 Å². The van der Waals surface area contributed by atoms with E-state index in [0.717, 1.165) is 18.7 Å². The van der Waals surface area contributed by atoms with Crippen LogP contribution in [0.25, 0.3) is 0 Å². The van der Waals surface area contributed by atoms with Gasteiger partial charge in [-0.15, -0.1) is 0 Å². The van der Waals surface area contributed by atoms with Crippen LogP contribution in [0.4, 0.5) is 5.82 Å². The molecular weight excluding hydrogens is 271 g/mol. The van der Waals surface area contributed by atoms with Crippen LogP contribution in [0, 0.1) is 0 Å². The SMILES string of the molecule is CN(CCc1ccccn1)c1nc(Cl)ncc1Cl. The summed E-state index contributed by atoms with van der Waals surface area (Å²) in [5.74, 6) is 0.632. The minimum Gasteiger partial charge on any atom is -0.358 e. The van der Waals surface area contributed by atoms with Crippen molar-refractivity contribution >= 4 is 29.0 Å². The summed E-state index contributed by atoms with van der Waals surface area (Å²) in [6.45, 7) is 0.754. The van der Waals surface area contributed by atoms with Gasteiger partial charge in [-0.2, -0.15) is 4.98 Å². The average Bonchev–Trinajstić information content (AvgIpc) is 2.40. The van der Waals surface area contributed by atoms with Crippen molar-refractivity contribution in [1.29, 1.82) is 0 Å². The summed E-state index contributed by atoms with van der Waals surface area (Å²) in [5.41, 5.74) is 1.03. The van der Waals surface area contributed by atoms with Gasteiger partial charge in [0.25, 0.3) is 0 Å². The zero-order valence-electron chi connectivity index (χ0n) is 9.85. The molecule has 0 aliphatic carbocycles. The Hall–Kier alpha value is -1.39. The van der Waals surface area contributed by atoms with Crippen LogP contribution in [0.2, 0.25) is 10.3 Å². The number of pyridine rings is 1. The van der Waals surface area contributed by atoms with Crippen LogP contribution in [0.3, 0.4) is 0 Å². The van der Waals surface area contributed by atoms with Crippen LogP contribution < -0.4 is 4.90 Å². The van der Waals surface area contributed by atoms with Gasteiger partial charge in [-0.05, 0) is 23.7 Å². The fraction of sp³-hybridized carbons (Fsp3) is 0.250. The van der Waals surface area contributed by atoms with E-state index in [9.17, 15) is 0 Å². The van der Waals surface area contributed by atoms with Crippen molar-refractivity contribution in [2.45, 2.75) is 6.42 Å². The van der Waals surface area contributed by atoms with Crippen LogP contribution in [-0.4, -0.2) is 28.5 Å². The van der Waals surface area contributed by atoms with Crippen molar-refractivity contribution in [2.75, 3.05) is 18.5 Å². The molecule has 0 spiro atoms. The molecule has 2 rings (SSSR count). The predicted molar refractivity (Wildman–Crippen MR) is 73.3 cm³/mol. The lowest BCUT2D eigenvalue weighted by molar-refractivity contribution is 0.836. The smallest absolute Gasteiger partial charge is 0.224 e. The molecule has 0 atom stereocenters. The maximum atomic E-state index is 6.03. The van der Waals surface area contributed by atoms with Gasteiger partial charge in [0.05, 0.1) is 6.20 Å². The molecular formula is C12H12Cl2N4. The van der Waals surface area contributed by atoms with Crippen LogP contribution >= 0.6 is 23.2 Å². The van der Waals surface area contributed by atoms with Gasteiger partial charge in [-0.3, -0.25) is 4.98 Å². The van der Waals surface area contributed by atoms with Crippen molar-refractivity contribution in [3.63, 3.8) is 0 Å². The predicted octanol–water partition coefficient (Wildman–Crippen LogP) is 2.86. The first-order valence-corrected chi connectivity index (χ1v) is 6.21. The normalized spacial score (nSPS) is 10.4. The minimum atomic E-state index is 0.194. The first-order chi connectivity index (χ1) is 8.66. The number of nitrogens with zero attached hydrogens (tertiary/aromatic N) is 4. The summed E-state index contributed by atoms with van der Waals surface area (Å²) < 4.78 is 0. The van der Waals surface area contributed by atoms with E-state index in [-0.39, 0.29) is 5.28 Å². The number of likely N-dealkylation sites (N-methyl/N-ethyl adjacent to an activating group) is 1. The molecule has 0 saturated heterocycles. The molecule has 0 fully saturated rings. The molecule has 0 radical (unpaired) electrons. The molecule has 0 N–H and O–H groups in total. The van der Waals surface area contributed by atoms with Crippen molar-refractivity contribution < 1.29 is 0 Å². The van der Waals surface area contributed by atoms with Gasteiger partial charge in [0.1, 0.15) is 5.02 Å². The molecule has 0 aliphatic heterocycles. The van der Waals surface area contributed by atoms with Crippen molar-refractivity contribution in [3.05, 3.63) is 46.6 Å². The number of hydrogen-bond acceptors (Lipinski definition) is 4. The summed E-state index contributed by atoms with van der Waals surface area (Å²) in [7, 11) is 1.91. The maximum absolute atomic E-state index is 6.03. The van der Waals surface area contributed by atoms with E-state index >= 15 is 0 Å². The lowest BCUT2D eigenvalue weighted by atomic mass is 10.2. The third-order valence-corrected chi connectivity index (χ3v) is 2.94. The maximum Gasteiger partial charge on any atom is 0.224 e. The van der Waals surface area contributed by atoms with E-state index in [1.165, 1.54) is 6.20 Å². The number of hydrogen-bond donors (Lipinski definition) is 0. The Morgan fingerprint density at radius 2 is 2.06 bits per heavy atom. The fourth-order valence-corrected chi connectivity index (χ4v) is 1.90. The Morgan fingerprint density at radius 1 is 1.22 bits per heavy atom. The molecule has 94 valence electrons. The minimum absolute atomic E-state index is 0.194. The van der Waals surface area contributed by atoms with Gasteiger partial charge in [0, 0.05) is 31.9 Å². The molecule has 0 aliphatic rings. The molecule has 2 aromatic rings. The number of rotatable bonds is 4. The molecule has 0 bridgehead atoms. The van der Waals surface area contributed by atoms with E-state index < -0.39 is 0 Å². The molecule has 2 heterocycles.